The Morgan fingerprint density at radius 2 is 1.88 bits per heavy atom. The molecule has 0 saturated heterocycles. The van der Waals surface area contributed by atoms with Crippen molar-refractivity contribution in [2.24, 2.45) is 5.92 Å². The van der Waals surface area contributed by atoms with E-state index in [1.54, 1.807) is 0 Å². The van der Waals surface area contributed by atoms with E-state index >= 15 is 0 Å². The standard InChI is InChI=1S/C18H25N5O/c1-13(2)10-14-4-6-15(7-5-14)11-22(3)12-16-20-21-17-18(24)19-8-9-23(16)17/h4-7,13H,8-12H2,1-3H3,(H,19,24). The topological polar surface area (TPSA) is 63.1 Å². The number of fused-ring (bicyclic) bond motifs is 1. The van der Waals surface area contributed by atoms with Gasteiger partial charge in [-0.1, -0.05) is 38.1 Å². The van der Waals surface area contributed by atoms with Crippen LogP contribution in [0.15, 0.2) is 24.3 Å². The molecule has 2 aromatic rings. The molecule has 0 spiro atoms. The van der Waals surface area contributed by atoms with Crippen LogP contribution in [0.3, 0.4) is 0 Å². The number of nitrogens with zero attached hydrogens (tertiary/aromatic N) is 4. The van der Waals surface area contributed by atoms with Crippen molar-refractivity contribution < 1.29 is 4.79 Å². The van der Waals surface area contributed by atoms with Crippen LogP contribution in [0.1, 0.15) is 41.4 Å². The van der Waals surface area contributed by atoms with Crippen LogP contribution in [0.2, 0.25) is 0 Å². The molecule has 6 nitrogen and oxygen atoms in total. The third-order valence-electron chi connectivity index (χ3n) is 4.18. The van der Waals surface area contributed by atoms with Crippen molar-refractivity contribution in [3.8, 4) is 0 Å². The lowest BCUT2D eigenvalue weighted by Gasteiger charge is -2.19. The maximum absolute atomic E-state index is 11.7. The maximum Gasteiger partial charge on any atom is 0.289 e. The quantitative estimate of drug-likeness (QED) is 0.879. The summed E-state index contributed by atoms with van der Waals surface area (Å²) in [5, 5.41) is 11.0. The second kappa shape index (κ2) is 7.13. The highest BCUT2D eigenvalue weighted by atomic mass is 16.2. The highest BCUT2D eigenvalue weighted by Gasteiger charge is 2.22. The monoisotopic (exact) mass is 327 g/mol. The molecule has 0 bridgehead atoms. The summed E-state index contributed by atoms with van der Waals surface area (Å²) in [5.74, 6) is 1.81. The fraction of sp³-hybridized carbons (Fsp3) is 0.500. The zero-order valence-corrected chi connectivity index (χ0v) is 14.6. The summed E-state index contributed by atoms with van der Waals surface area (Å²) in [4.78, 5) is 13.9. The summed E-state index contributed by atoms with van der Waals surface area (Å²) in [6, 6.07) is 8.82. The predicted octanol–water partition coefficient (Wildman–Crippen LogP) is 1.85. The molecule has 1 amide bonds. The van der Waals surface area contributed by atoms with Gasteiger partial charge in [0, 0.05) is 19.6 Å². The van der Waals surface area contributed by atoms with Crippen molar-refractivity contribution in [1.82, 2.24) is 25.0 Å². The van der Waals surface area contributed by atoms with E-state index in [0.717, 1.165) is 25.3 Å². The van der Waals surface area contributed by atoms with Crippen molar-refractivity contribution in [3.63, 3.8) is 0 Å². The average Bonchev–Trinajstić information content (AvgIpc) is 2.93. The summed E-state index contributed by atoms with van der Waals surface area (Å²) in [5.41, 5.74) is 2.66. The van der Waals surface area contributed by atoms with Crippen LogP contribution in [0.5, 0.6) is 0 Å². The van der Waals surface area contributed by atoms with Crippen LogP contribution in [0.25, 0.3) is 0 Å². The first-order chi connectivity index (χ1) is 11.5. The molecule has 0 radical (unpaired) electrons. The molecular weight excluding hydrogens is 302 g/mol. The maximum atomic E-state index is 11.7. The smallest absolute Gasteiger partial charge is 0.289 e. The van der Waals surface area contributed by atoms with Gasteiger partial charge in [0.15, 0.2) is 0 Å². The van der Waals surface area contributed by atoms with Crippen molar-refractivity contribution in [3.05, 3.63) is 47.0 Å². The first-order valence-electron chi connectivity index (χ1n) is 8.49. The lowest BCUT2D eigenvalue weighted by atomic mass is 10.0. The number of hydrogen-bond donors (Lipinski definition) is 1. The summed E-state index contributed by atoms with van der Waals surface area (Å²) < 4.78 is 1.92. The average molecular weight is 327 g/mol. The van der Waals surface area contributed by atoms with Crippen LogP contribution in [0.4, 0.5) is 0 Å². The minimum absolute atomic E-state index is 0.136. The number of carbonyl (C=O) groups is 1. The van der Waals surface area contributed by atoms with Crippen LogP contribution in [-0.2, 0) is 26.1 Å². The molecule has 1 aliphatic rings. The zero-order chi connectivity index (χ0) is 17.1. The minimum atomic E-state index is -0.136. The fourth-order valence-corrected chi connectivity index (χ4v) is 3.08. The Hall–Kier alpha value is -2.21. The molecule has 1 N–H and O–H groups in total. The number of aromatic nitrogens is 3. The van der Waals surface area contributed by atoms with Crippen molar-refractivity contribution in [2.45, 2.75) is 39.9 Å². The number of hydrogen-bond acceptors (Lipinski definition) is 4. The van der Waals surface area contributed by atoms with E-state index in [1.807, 2.05) is 4.57 Å². The molecule has 24 heavy (non-hydrogen) atoms. The molecule has 0 atom stereocenters. The van der Waals surface area contributed by atoms with Gasteiger partial charge in [-0.25, -0.2) is 0 Å². The van der Waals surface area contributed by atoms with Gasteiger partial charge >= 0.3 is 0 Å². The molecule has 1 aromatic carbocycles. The molecule has 128 valence electrons. The van der Waals surface area contributed by atoms with E-state index in [4.69, 9.17) is 0 Å². The van der Waals surface area contributed by atoms with Gasteiger partial charge in [0.1, 0.15) is 5.82 Å². The van der Waals surface area contributed by atoms with E-state index in [1.165, 1.54) is 11.1 Å². The normalized spacial score (nSPS) is 14.1. The largest absolute Gasteiger partial charge is 0.348 e. The SMILES string of the molecule is CC(C)Cc1ccc(CN(C)Cc2nnc3n2CCNC3=O)cc1. The molecule has 0 aliphatic carbocycles. The second-order valence-corrected chi connectivity index (χ2v) is 6.93. The van der Waals surface area contributed by atoms with Gasteiger partial charge in [0.25, 0.3) is 5.91 Å². The van der Waals surface area contributed by atoms with E-state index in [0.29, 0.717) is 24.8 Å². The first-order valence-corrected chi connectivity index (χ1v) is 8.49. The van der Waals surface area contributed by atoms with Crippen LogP contribution in [0, 0.1) is 5.92 Å². The number of benzene rings is 1. The Balaban J connectivity index is 1.62. The van der Waals surface area contributed by atoms with E-state index < -0.39 is 0 Å². The lowest BCUT2D eigenvalue weighted by Crippen LogP contribution is -2.36. The van der Waals surface area contributed by atoms with Crippen LogP contribution in [-0.4, -0.2) is 39.2 Å². The van der Waals surface area contributed by atoms with Crippen molar-refractivity contribution >= 4 is 5.91 Å². The molecule has 0 fully saturated rings. The molecule has 6 heteroatoms. The predicted molar refractivity (Wildman–Crippen MR) is 92.5 cm³/mol. The first kappa shape index (κ1) is 16.6. The van der Waals surface area contributed by atoms with E-state index in [-0.39, 0.29) is 5.91 Å². The van der Waals surface area contributed by atoms with Gasteiger partial charge in [0.05, 0.1) is 6.54 Å². The molecule has 0 unspecified atom stereocenters. The molecule has 1 aliphatic heterocycles. The van der Waals surface area contributed by atoms with Gasteiger partial charge in [-0.05, 0) is 30.5 Å². The highest BCUT2D eigenvalue weighted by Crippen LogP contribution is 2.13. The number of amides is 1. The van der Waals surface area contributed by atoms with Crippen molar-refractivity contribution in [1.29, 1.82) is 0 Å². The summed E-state index contributed by atoms with van der Waals surface area (Å²) in [6.07, 6.45) is 1.12. The fourth-order valence-electron chi connectivity index (χ4n) is 3.08. The highest BCUT2D eigenvalue weighted by molar-refractivity contribution is 5.91. The minimum Gasteiger partial charge on any atom is -0.348 e. The Morgan fingerprint density at radius 1 is 1.17 bits per heavy atom. The summed E-state index contributed by atoms with van der Waals surface area (Å²) in [7, 11) is 2.06. The van der Waals surface area contributed by atoms with Gasteiger partial charge in [-0.2, -0.15) is 0 Å². The number of nitrogens with one attached hydrogen (secondary N) is 1. The van der Waals surface area contributed by atoms with E-state index in [9.17, 15) is 4.79 Å². The molecule has 3 rings (SSSR count). The van der Waals surface area contributed by atoms with Crippen LogP contribution < -0.4 is 5.32 Å². The van der Waals surface area contributed by atoms with Crippen LogP contribution >= 0.6 is 0 Å². The van der Waals surface area contributed by atoms with Gasteiger partial charge in [0.2, 0.25) is 5.82 Å². The van der Waals surface area contributed by atoms with E-state index in [2.05, 4.69) is 65.6 Å². The zero-order valence-electron chi connectivity index (χ0n) is 14.6. The molecule has 1 aromatic heterocycles. The second-order valence-electron chi connectivity index (χ2n) is 6.93. The Bertz CT molecular complexity index is 705. The number of rotatable bonds is 6. The summed E-state index contributed by atoms with van der Waals surface area (Å²) in [6.45, 7) is 7.37. The Morgan fingerprint density at radius 3 is 2.58 bits per heavy atom. The lowest BCUT2D eigenvalue weighted by molar-refractivity contribution is 0.0920. The van der Waals surface area contributed by atoms with Gasteiger partial charge < -0.3 is 9.88 Å². The van der Waals surface area contributed by atoms with Crippen molar-refractivity contribution in [2.75, 3.05) is 13.6 Å². The third-order valence-corrected chi connectivity index (χ3v) is 4.18. The van der Waals surface area contributed by atoms with Gasteiger partial charge in [-0.15, -0.1) is 10.2 Å². The third kappa shape index (κ3) is 3.82. The molecular formula is C18H25N5O. The van der Waals surface area contributed by atoms with Gasteiger partial charge in [-0.3, -0.25) is 9.69 Å². The molecule has 2 heterocycles. The Kier molecular flexibility index (Phi) is 4.94. The molecule has 0 saturated carbocycles. The Labute approximate surface area is 142 Å². The summed E-state index contributed by atoms with van der Waals surface area (Å²) >= 11 is 0. The number of carbonyl (C=O) groups excluding carboxylic acids is 1.